The summed E-state index contributed by atoms with van der Waals surface area (Å²) in [5.74, 6) is -4.04. The highest BCUT2D eigenvalue weighted by atomic mass is 19.4. The zero-order valence-electron chi connectivity index (χ0n) is 63.3. The fourth-order valence-electron chi connectivity index (χ4n) is 16.7. The number of piperidine rings is 1. The average molecular weight is 1700 g/mol. The summed E-state index contributed by atoms with van der Waals surface area (Å²) in [5.41, 5.74) is -3.94. The summed E-state index contributed by atoms with van der Waals surface area (Å²) in [6.07, 6.45) is -22.0. The van der Waals surface area contributed by atoms with Gasteiger partial charge < -0.3 is 28.9 Å². The third-order valence-electron chi connectivity index (χ3n) is 22.5. The Morgan fingerprint density at radius 2 is 0.767 bits per heavy atom. The molecule has 3 aromatic heterocycles. The lowest BCUT2D eigenvalue weighted by Gasteiger charge is -2.37. The molecule has 6 aromatic carbocycles. The number of H-pyrrole nitrogens is 1. The number of carbonyl (C=O) groups is 3. The summed E-state index contributed by atoms with van der Waals surface area (Å²) in [5, 5.41) is 20.3. The molecule has 13 atom stereocenters. The number of aromatic nitrogens is 5. The van der Waals surface area contributed by atoms with Gasteiger partial charge in [0.25, 0.3) is 0 Å². The minimum absolute atomic E-state index is 0.0517. The first kappa shape index (κ1) is 86.8. The maximum Gasteiger partial charge on any atom is 0.416 e. The Bertz CT molecular complexity index is 5170. The topological polar surface area (TPSA) is 159 Å². The van der Waals surface area contributed by atoms with Crippen LogP contribution in [-0.2, 0) is 72.7 Å². The summed E-state index contributed by atoms with van der Waals surface area (Å²) < 4.78 is 304. The van der Waals surface area contributed by atoms with Crippen LogP contribution in [-0.4, -0.2) is 114 Å². The Morgan fingerprint density at radius 1 is 0.433 bits per heavy atom. The fourth-order valence-corrected chi connectivity index (χ4v) is 16.7. The van der Waals surface area contributed by atoms with E-state index in [4.69, 9.17) is 14.2 Å². The highest BCUT2D eigenvalue weighted by Gasteiger charge is 2.53. The average Bonchev–Trinajstić information content (AvgIpc) is 1.62. The van der Waals surface area contributed by atoms with E-state index in [0.29, 0.717) is 83.5 Å². The van der Waals surface area contributed by atoms with Gasteiger partial charge in [-0.25, -0.2) is 13.2 Å². The van der Waals surface area contributed by atoms with Crippen molar-refractivity contribution in [3.8, 4) is 0 Å². The van der Waals surface area contributed by atoms with Crippen molar-refractivity contribution < 1.29 is 131 Å². The zero-order valence-corrected chi connectivity index (χ0v) is 63.3. The van der Waals surface area contributed by atoms with Crippen LogP contribution in [0.4, 0.5) is 92.2 Å². The van der Waals surface area contributed by atoms with Gasteiger partial charge in [0.05, 0.1) is 82.4 Å². The Hall–Kier alpha value is -11.0. The molecule has 0 bridgehead atoms. The molecule has 0 radical (unpaired) electrons. The lowest BCUT2D eigenvalue weighted by Crippen LogP contribution is -2.43. The van der Waals surface area contributed by atoms with Gasteiger partial charge in [-0.3, -0.25) is 29.4 Å². The number of rotatable bonds is 15. The fraction of sp³-hybridized carbons (Fsp3) is 0.357. The van der Waals surface area contributed by atoms with Gasteiger partial charge in [-0.05, 0) is 187 Å². The number of fused-ring (bicyclic) bond motifs is 3. The molecule has 4 saturated heterocycles. The molecule has 0 saturated carbocycles. The van der Waals surface area contributed by atoms with Crippen molar-refractivity contribution in [2.24, 2.45) is 7.05 Å². The van der Waals surface area contributed by atoms with Crippen LogP contribution in [0.3, 0.4) is 0 Å². The number of amides is 3. The predicted molar refractivity (Wildman–Crippen MR) is 386 cm³/mol. The molecule has 4 fully saturated rings. The summed E-state index contributed by atoms with van der Waals surface area (Å²) >= 11 is 0. The van der Waals surface area contributed by atoms with Crippen LogP contribution in [0.5, 0.6) is 0 Å². The lowest BCUT2D eigenvalue weighted by molar-refractivity contribution is -0.904. The Balaban J connectivity index is 0.000000156. The number of ether oxygens (including phenoxy) is 3. The molecule has 15 rings (SSSR count). The SMILES string of the molecule is C[C@@H](OC1CN2C(=O)C=C(c3cn[nH]c3)CC2[C@@H]1c1ccc(F)cc1)c1cc(C(F)(F)F)cc(C(F)(F)F)c1.C[C@@H](OC1CN2C(=O)C=C(c3cnn(C)c3)CC2[C@@H]1c1ccc(F)cc1)c1cc(C(F)(F)F)cc(C(F)(F)F)c1.C[C@@H](OC1CN2C(=O)CC(c3cc[n+](O)cc3)CC2[C@@H]1c1ccc(F)cc1)c1cc(C(F)(F)F)cc(C(F)(F)F)c1. The molecule has 0 spiro atoms. The van der Waals surface area contributed by atoms with E-state index in [1.165, 1.54) is 93.8 Å². The molecular formula is C84H72F21N8O7+. The predicted octanol–water partition coefficient (Wildman–Crippen LogP) is 19.4. The molecule has 36 heteroatoms. The molecule has 7 unspecified atom stereocenters. The number of alkyl halides is 18. The van der Waals surface area contributed by atoms with Gasteiger partial charge in [-0.2, -0.15) is 89.2 Å². The minimum Gasteiger partial charge on any atom is -0.368 e. The van der Waals surface area contributed by atoms with Crippen LogP contribution in [0.25, 0.3) is 11.1 Å². The van der Waals surface area contributed by atoms with Crippen molar-refractivity contribution in [3.05, 3.63) is 290 Å². The van der Waals surface area contributed by atoms with Crippen molar-refractivity contribution in [3.63, 3.8) is 0 Å². The number of pyridine rings is 1. The number of hydrogen-bond donors (Lipinski definition) is 2. The van der Waals surface area contributed by atoms with Crippen LogP contribution in [0, 0.1) is 17.5 Å². The number of benzene rings is 6. The summed E-state index contributed by atoms with van der Waals surface area (Å²) in [4.78, 5) is 44.3. The Kier molecular flexibility index (Phi) is 24.3. The van der Waals surface area contributed by atoms with Crippen molar-refractivity contribution in [1.82, 2.24) is 34.7 Å². The molecule has 9 aromatic rings. The standard InChI is InChI=1S/C29H26F7N2O3.C28H24F7N3O2.C27H22F7N3O2/c1-16(19-10-21(28(31,32)33)14-22(11-19)29(34,35)36)41-25-15-38-24(27(25)18-2-4-23(30)5-3-18)12-20(13-26(38)39)17-6-8-37(40)9-7-17;1-15(17-7-20(27(30,31)32)11-21(8-17)28(33,34)35)40-24-14-38-23(26(24)16-3-5-22(29)6-4-16)9-18(10-25(38)39)19-12-36-37(2)13-19;1-14(16-6-19(26(29,30)31)10-20(7-16)27(32,33)34)39-23-13-37-22(25(23)15-2-4-21(28)5-3-15)8-17(9-24(37)38)18-11-35-36-12-18/h2-11,14,16,20,24-25,27,40H,12-13,15H2,1H3;3-8,10-13,15,23-24,26H,9,14H2,1-2H3;2-7,9-12,14,22-23,25H,8,13H2,1H3,(H,35,36)/q+1;;/t16-,20?,24?,25?,27+;15-,23?,24?,26+;14-,22?,23?,25+/m111/s1. The number of carbonyl (C=O) groups excluding carboxylic acids is 3. The minimum atomic E-state index is -5.01. The normalized spacial score (nSPS) is 22.9. The van der Waals surface area contributed by atoms with Gasteiger partial charge in [0.2, 0.25) is 30.1 Å². The second-order valence-electron chi connectivity index (χ2n) is 30.2. The second kappa shape index (κ2) is 33.5. The van der Waals surface area contributed by atoms with Crippen molar-refractivity contribution >= 4 is 28.9 Å². The Labute approximate surface area is 670 Å². The maximum atomic E-state index is 13.8. The number of hydrogen-bond acceptors (Lipinski definition) is 9. The van der Waals surface area contributed by atoms with E-state index in [1.54, 1.807) is 87.6 Å². The van der Waals surface area contributed by atoms with Crippen LogP contribution in [0.1, 0.15) is 172 Å². The second-order valence-corrected chi connectivity index (χ2v) is 30.2. The van der Waals surface area contributed by atoms with Gasteiger partial charge in [0.1, 0.15) is 17.5 Å². The molecule has 120 heavy (non-hydrogen) atoms. The molecule has 6 aliphatic heterocycles. The molecule has 2 N–H and O–H groups in total. The first-order chi connectivity index (χ1) is 56.2. The highest BCUT2D eigenvalue weighted by molar-refractivity contribution is 5.98. The van der Waals surface area contributed by atoms with E-state index in [-0.39, 0.29) is 84.6 Å². The molecule has 15 nitrogen and oxygen atoms in total. The van der Waals surface area contributed by atoms with Gasteiger partial charge in [-0.1, -0.05) is 36.4 Å². The largest absolute Gasteiger partial charge is 0.416 e. The van der Waals surface area contributed by atoms with Gasteiger partial charge in [-0.15, -0.1) is 0 Å². The van der Waals surface area contributed by atoms with Crippen LogP contribution >= 0.6 is 0 Å². The monoisotopic (exact) mass is 1700 g/mol. The quantitative estimate of drug-likeness (QED) is 0.0579. The lowest BCUT2D eigenvalue weighted by atomic mass is 9.79. The molecule has 636 valence electrons. The number of nitrogens with one attached hydrogen (secondary N) is 1. The van der Waals surface area contributed by atoms with Gasteiger partial charge in [0.15, 0.2) is 0 Å². The van der Waals surface area contributed by atoms with Crippen LogP contribution in [0.15, 0.2) is 189 Å². The molecule has 9 heterocycles. The summed E-state index contributed by atoms with van der Waals surface area (Å²) in [6, 6.07) is 22.9. The Morgan fingerprint density at radius 3 is 1.08 bits per heavy atom. The maximum absolute atomic E-state index is 13.8. The number of nitrogens with zero attached hydrogens (tertiary/aromatic N) is 7. The third kappa shape index (κ3) is 19.4. The van der Waals surface area contributed by atoms with Crippen molar-refractivity contribution in [2.45, 2.75) is 162 Å². The molecule has 3 amide bonds. The molecule has 0 aliphatic carbocycles. The molecule has 6 aliphatic rings. The van der Waals surface area contributed by atoms with Crippen molar-refractivity contribution in [2.75, 3.05) is 19.6 Å². The first-order valence-electron chi connectivity index (χ1n) is 37.3. The zero-order chi connectivity index (χ0) is 86.8. The summed E-state index contributed by atoms with van der Waals surface area (Å²) in [6.45, 7) is 4.28. The smallest absolute Gasteiger partial charge is 0.368 e. The number of aryl methyl sites for hydroxylation is 1. The van der Waals surface area contributed by atoms with Gasteiger partial charge >= 0.3 is 37.1 Å². The summed E-state index contributed by atoms with van der Waals surface area (Å²) in [7, 11) is 1.74. The van der Waals surface area contributed by atoms with Crippen LogP contribution in [0.2, 0.25) is 0 Å². The first-order valence-corrected chi connectivity index (χ1v) is 37.3. The van der Waals surface area contributed by atoms with E-state index in [2.05, 4.69) is 15.3 Å². The van der Waals surface area contributed by atoms with Gasteiger partial charge in [0, 0.05) is 122 Å². The van der Waals surface area contributed by atoms with Crippen molar-refractivity contribution in [1.29, 1.82) is 0 Å². The van der Waals surface area contributed by atoms with E-state index >= 15 is 0 Å². The van der Waals surface area contributed by atoms with E-state index in [1.807, 2.05) is 0 Å². The number of aromatic amines is 1. The van der Waals surface area contributed by atoms with E-state index in [9.17, 15) is 112 Å². The number of halogens is 21. The third-order valence-corrected chi connectivity index (χ3v) is 22.5. The van der Waals surface area contributed by atoms with E-state index < -0.39 is 160 Å². The van der Waals surface area contributed by atoms with Crippen LogP contribution < -0.4 is 4.73 Å². The molecular weight excluding hydrogens is 1630 g/mol. The van der Waals surface area contributed by atoms with E-state index in [0.717, 1.165) is 21.4 Å². The highest BCUT2D eigenvalue weighted by Crippen LogP contribution is 2.51.